The van der Waals surface area contributed by atoms with E-state index in [4.69, 9.17) is 9.47 Å². The Bertz CT molecular complexity index is 567. The first-order valence-electron chi connectivity index (χ1n) is 7.43. The predicted octanol–water partition coefficient (Wildman–Crippen LogP) is 1.83. The summed E-state index contributed by atoms with van der Waals surface area (Å²) in [5.74, 6) is 0.417. The van der Waals surface area contributed by atoms with Crippen molar-refractivity contribution in [2.45, 2.75) is 36.6 Å². The van der Waals surface area contributed by atoms with Crippen LogP contribution < -0.4 is 4.74 Å². The maximum absolute atomic E-state index is 12.3. The van der Waals surface area contributed by atoms with Gasteiger partial charge in [0.15, 0.2) is 0 Å². The minimum atomic E-state index is -0.560. The van der Waals surface area contributed by atoms with Crippen LogP contribution >= 0.6 is 0 Å². The minimum absolute atomic E-state index is 0.0183. The van der Waals surface area contributed by atoms with E-state index in [2.05, 4.69) is 20.8 Å². The molecule has 126 valence electrons. The number of benzene rings is 1. The topological polar surface area (TPSA) is 55.8 Å². The Labute approximate surface area is 143 Å². The first kappa shape index (κ1) is 17.8. The number of carbonyl (C=O) groups is 2. The Kier molecular flexibility index (Phi) is 5.37. The molecule has 0 aromatic heterocycles. The van der Waals surface area contributed by atoms with Crippen molar-refractivity contribution < 1.29 is 19.1 Å². The van der Waals surface area contributed by atoms with E-state index in [0.717, 1.165) is 17.7 Å². The molecule has 1 aliphatic rings. The molecule has 1 fully saturated rings. The fourth-order valence-electron chi connectivity index (χ4n) is 2.78. The standard InChI is InChI=1S/C17H23NO4Se/c1-17(2,3)16-18(10-19)13(15(20)22-5)14(23-16)11-6-8-12(21-4)9-7-11/h6-10,13-14,16H,1-5H3/t13-,14+,16+/m0/s1. The molecule has 5 nitrogen and oxygen atoms in total. The summed E-state index contributed by atoms with van der Waals surface area (Å²) in [6, 6.07) is 7.14. The molecule has 1 saturated heterocycles. The van der Waals surface area contributed by atoms with Crippen molar-refractivity contribution in [2.24, 2.45) is 5.41 Å². The van der Waals surface area contributed by atoms with Crippen molar-refractivity contribution in [3.63, 3.8) is 0 Å². The molecule has 1 aromatic rings. The van der Waals surface area contributed by atoms with Gasteiger partial charge in [-0.2, -0.15) is 0 Å². The van der Waals surface area contributed by atoms with Gasteiger partial charge in [-0.05, 0) is 0 Å². The fourth-order valence-corrected chi connectivity index (χ4v) is 6.39. The number of carbonyl (C=O) groups excluding carboxylic acids is 2. The number of nitrogens with zero attached hydrogens (tertiary/aromatic N) is 1. The summed E-state index contributed by atoms with van der Waals surface area (Å²) in [7, 11) is 2.99. The van der Waals surface area contributed by atoms with Crippen molar-refractivity contribution >= 4 is 27.3 Å². The van der Waals surface area contributed by atoms with Crippen molar-refractivity contribution in [2.75, 3.05) is 14.2 Å². The molecule has 3 atom stereocenters. The monoisotopic (exact) mass is 385 g/mol. The Morgan fingerprint density at radius 1 is 1.22 bits per heavy atom. The molecular weight excluding hydrogens is 361 g/mol. The van der Waals surface area contributed by atoms with E-state index in [1.54, 1.807) is 12.0 Å². The molecule has 1 aromatic carbocycles. The number of esters is 1. The SMILES string of the molecule is COC(=O)[C@@H]1[C@@H](c2ccc(OC)cc2)[Se][C@H](C(C)(C)C)N1C=O. The Hall–Kier alpha value is -1.52. The van der Waals surface area contributed by atoms with E-state index < -0.39 is 6.04 Å². The molecular formula is C17H23NO4Se. The molecule has 1 amide bonds. The van der Waals surface area contributed by atoms with Crippen molar-refractivity contribution in [1.82, 2.24) is 4.90 Å². The van der Waals surface area contributed by atoms with Gasteiger partial charge in [0.1, 0.15) is 0 Å². The number of ether oxygens (including phenoxy) is 2. The normalized spacial score (nSPS) is 24.4. The summed E-state index contributed by atoms with van der Waals surface area (Å²) in [6.07, 6.45) is 0.794. The summed E-state index contributed by atoms with van der Waals surface area (Å²) in [5, 5.41) is 0. The number of hydrogen-bond acceptors (Lipinski definition) is 4. The second-order valence-electron chi connectivity index (χ2n) is 6.57. The van der Waals surface area contributed by atoms with Crippen LogP contribution in [0.15, 0.2) is 24.3 Å². The Morgan fingerprint density at radius 3 is 2.26 bits per heavy atom. The second kappa shape index (κ2) is 6.93. The molecule has 1 aliphatic heterocycles. The van der Waals surface area contributed by atoms with E-state index >= 15 is 0 Å². The molecule has 0 radical (unpaired) electrons. The van der Waals surface area contributed by atoms with E-state index in [1.807, 2.05) is 24.3 Å². The van der Waals surface area contributed by atoms with Crippen LogP contribution in [0.25, 0.3) is 0 Å². The third kappa shape index (κ3) is 3.53. The third-order valence-corrected chi connectivity index (χ3v) is 8.17. The molecule has 1 heterocycles. The van der Waals surface area contributed by atoms with Crippen LogP contribution in [-0.2, 0) is 14.3 Å². The molecule has 23 heavy (non-hydrogen) atoms. The molecule has 0 unspecified atom stereocenters. The summed E-state index contributed by atoms with van der Waals surface area (Å²) >= 11 is 0.0621. The van der Waals surface area contributed by atoms with Gasteiger partial charge in [0.05, 0.1) is 0 Å². The molecule has 0 N–H and O–H groups in total. The molecule has 0 spiro atoms. The molecule has 6 heteroatoms. The van der Waals surface area contributed by atoms with E-state index in [1.165, 1.54) is 7.11 Å². The van der Waals surface area contributed by atoms with Gasteiger partial charge in [0, 0.05) is 0 Å². The second-order valence-corrected chi connectivity index (χ2v) is 9.14. The molecule has 0 bridgehead atoms. The average molecular weight is 384 g/mol. The van der Waals surface area contributed by atoms with E-state index in [0.29, 0.717) is 0 Å². The first-order valence-corrected chi connectivity index (χ1v) is 9.41. The van der Waals surface area contributed by atoms with Crippen LogP contribution in [0.1, 0.15) is 31.2 Å². The zero-order valence-electron chi connectivity index (χ0n) is 14.1. The quantitative estimate of drug-likeness (QED) is 0.452. The number of hydrogen-bond donors (Lipinski definition) is 0. The van der Waals surface area contributed by atoms with Gasteiger partial charge in [0.25, 0.3) is 0 Å². The number of amides is 1. The van der Waals surface area contributed by atoms with E-state index in [9.17, 15) is 9.59 Å². The summed E-state index contributed by atoms with van der Waals surface area (Å²) in [6.45, 7) is 6.29. The van der Waals surface area contributed by atoms with Gasteiger partial charge in [-0.15, -0.1) is 0 Å². The van der Waals surface area contributed by atoms with Crippen molar-refractivity contribution in [1.29, 1.82) is 0 Å². The van der Waals surface area contributed by atoms with Gasteiger partial charge in [-0.1, -0.05) is 0 Å². The zero-order valence-corrected chi connectivity index (χ0v) is 15.8. The van der Waals surface area contributed by atoms with Crippen LogP contribution in [0.5, 0.6) is 5.75 Å². The van der Waals surface area contributed by atoms with Gasteiger partial charge in [-0.3, -0.25) is 0 Å². The van der Waals surface area contributed by atoms with Crippen LogP contribution in [-0.4, -0.2) is 57.4 Å². The van der Waals surface area contributed by atoms with Gasteiger partial charge in [-0.25, -0.2) is 0 Å². The first-order chi connectivity index (χ1) is 10.8. The van der Waals surface area contributed by atoms with Crippen molar-refractivity contribution in [3.8, 4) is 5.75 Å². The van der Waals surface area contributed by atoms with Crippen LogP contribution in [0.2, 0.25) is 0 Å². The third-order valence-electron chi connectivity index (χ3n) is 3.90. The Morgan fingerprint density at radius 2 is 1.83 bits per heavy atom. The Balaban J connectivity index is 2.42. The molecule has 0 saturated carbocycles. The fraction of sp³-hybridized carbons (Fsp3) is 0.529. The number of rotatable bonds is 4. The molecule has 2 rings (SSSR count). The predicted molar refractivity (Wildman–Crippen MR) is 88.4 cm³/mol. The van der Waals surface area contributed by atoms with Gasteiger partial charge in [0.2, 0.25) is 0 Å². The number of methoxy groups -OCH3 is 2. The average Bonchev–Trinajstić information content (AvgIpc) is 2.94. The summed E-state index contributed by atoms with van der Waals surface area (Å²) < 4.78 is 10.2. The van der Waals surface area contributed by atoms with Gasteiger partial charge < -0.3 is 0 Å². The van der Waals surface area contributed by atoms with E-state index in [-0.39, 0.29) is 36.1 Å². The van der Waals surface area contributed by atoms with Crippen LogP contribution in [0.4, 0.5) is 0 Å². The van der Waals surface area contributed by atoms with Crippen LogP contribution in [0.3, 0.4) is 0 Å². The van der Waals surface area contributed by atoms with Crippen LogP contribution in [0, 0.1) is 5.41 Å². The van der Waals surface area contributed by atoms with Crippen molar-refractivity contribution in [3.05, 3.63) is 29.8 Å². The zero-order chi connectivity index (χ0) is 17.2. The van der Waals surface area contributed by atoms with Gasteiger partial charge >= 0.3 is 143 Å². The summed E-state index contributed by atoms with van der Waals surface area (Å²) in [4.78, 5) is 25.7. The maximum atomic E-state index is 12.3. The molecule has 0 aliphatic carbocycles. The summed E-state index contributed by atoms with van der Waals surface area (Å²) in [5.41, 5.74) is 0.953.